The molecule has 0 aliphatic carbocycles. The zero-order chi connectivity index (χ0) is 11.4. The minimum atomic E-state index is 0.456. The highest BCUT2D eigenvalue weighted by Gasteiger charge is 2.18. The second-order valence-electron chi connectivity index (χ2n) is 4.90. The number of hydrogen-bond acceptors (Lipinski definition) is 2. The van der Waals surface area contributed by atoms with Crippen LogP contribution in [0.1, 0.15) is 31.4 Å². The lowest BCUT2D eigenvalue weighted by molar-refractivity contribution is 0.218. The summed E-state index contributed by atoms with van der Waals surface area (Å²) < 4.78 is 0. The fraction of sp³-hybridized carbons (Fsp3) is 0.571. The number of likely N-dealkylation sites (N-methyl/N-ethyl adjacent to an activating group) is 1. The van der Waals surface area contributed by atoms with Crippen LogP contribution in [0.15, 0.2) is 30.3 Å². The summed E-state index contributed by atoms with van der Waals surface area (Å²) in [7, 11) is 2.21. The molecule has 0 saturated carbocycles. The number of piperidine rings is 1. The van der Waals surface area contributed by atoms with Crippen LogP contribution in [0.3, 0.4) is 0 Å². The van der Waals surface area contributed by atoms with Gasteiger partial charge in [-0.1, -0.05) is 30.3 Å². The first kappa shape index (κ1) is 11.6. The Morgan fingerprint density at radius 3 is 2.75 bits per heavy atom. The van der Waals surface area contributed by atoms with Gasteiger partial charge in [0.05, 0.1) is 0 Å². The number of nitrogens with zero attached hydrogens (tertiary/aromatic N) is 1. The molecule has 0 aromatic heterocycles. The molecule has 1 fully saturated rings. The van der Waals surface area contributed by atoms with Crippen LogP contribution in [0, 0.1) is 0 Å². The zero-order valence-electron chi connectivity index (χ0n) is 10.3. The fourth-order valence-electron chi connectivity index (χ4n) is 2.49. The van der Waals surface area contributed by atoms with E-state index in [1.165, 1.54) is 31.5 Å². The van der Waals surface area contributed by atoms with E-state index in [0.717, 1.165) is 0 Å². The lowest BCUT2D eigenvalue weighted by atomic mass is 10.0. The zero-order valence-corrected chi connectivity index (χ0v) is 10.3. The molecule has 1 aliphatic rings. The van der Waals surface area contributed by atoms with Gasteiger partial charge in [0.2, 0.25) is 0 Å². The molecule has 1 unspecified atom stereocenters. The molecule has 0 spiro atoms. The summed E-state index contributed by atoms with van der Waals surface area (Å²) >= 11 is 0. The van der Waals surface area contributed by atoms with Crippen molar-refractivity contribution in [3.8, 4) is 0 Å². The van der Waals surface area contributed by atoms with E-state index in [0.29, 0.717) is 12.1 Å². The van der Waals surface area contributed by atoms with Crippen molar-refractivity contribution in [1.82, 2.24) is 10.2 Å². The molecule has 0 amide bonds. The van der Waals surface area contributed by atoms with Crippen molar-refractivity contribution in [3.63, 3.8) is 0 Å². The van der Waals surface area contributed by atoms with E-state index in [2.05, 4.69) is 54.5 Å². The van der Waals surface area contributed by atoms with Crippen LogP contribution in [-0.2, 0) is 0 Å². The van der Waals surface area contributed by atoms with Crippen molar-refractivity contribution < 1.29 is 0 Å². The predicted molar refractivity (Wildman–Crippen MR) is 68.5 cm³/mol. The summed E-state index contributed by atoms with van der Waals surface area (Å²) in [4.78, 5) is 2.42. The molecule has 2 rings (SSSR count). The van der Waals surface area contributed by atoms with E-state index in [1.54, 1.807) is 0 Å². The monoisotopic (exact) mass is 218 g/mol. The molecule has 0 bridgehead atoms. The molecule has 2 heteroatoms. The molecule has 2 atom stereocenters. The molecule has 1 aliphatic heterocycles. The molecule has 1 N–H and O–H groups in total. The van der Waals surface area contributed by atoms with Crippen molar-refractivity contribution >= 4 is 0 Å². The standard InChI is InChI=1S/C14H22N2/c1-12(13-7-4-3-5-8-13)15-14-9-6-10-16(2)11-14/h3-5,7-8,12,14-15H,6,9-11H2,1-2H3/t12-,14?/m1/s1. The molecular formula is C14H22N2. The van der Waals surface area contributed by atoms with Gasteiger partial charge in [0.15, 0.2) is 0 Å². The summed E-state index contributed by atoms with van der Waals surface area (Å²) in [5.41, 5.74) is 1.38. The number of hydrogen-bond donors (Lipinski definition) is 1. The molecule has 1 aromatic carbocycles. The third-order valence-electron chi connectivity index (χ3n) is 3.41. The van der Waals surface area contributed by atoms with E-state index >= 15 is 0 Å². The van der Waals surface area contributed by atoms with Gasteiger partial charge in [0.1, 0.15) is 0 Å². The van der Waals surface area contributed by atoms with Crippen LogP contribution in [0.4, 0.5) is 0 Å². The van der Waals surface area contributed by atoms with E-state index in [9.17, 15) is 0 Å². The average molecular weight is 218 g/mol. The summed E-state index contributed by atoms with van der Waals surface area (Å²) in [5, 5.41) is 3.72. The van der Waals surface area contributed by atoms with Crippen molar-refractivity contribution in [2.45, 2.75) is 31.8 Å². The van der Waals surface area contributed by atoms with Crippen LogP contribution in [0.5, 0.6) is 0 Å². The first-order valence-corrected chi connectivity index (χ1v) is 6.25. The normalized spacial score (nSPS) is 24.2. The minimum Gasteiger partial charge on any atom is -0.306 e. The third kappa shape index (κ3) is 3.06. The van der Waals surface area contributed by atoms with Crippen LogP contribution >= 0.6 is 0 Å². The topological polar surface area (TPSA) is 15.3 Å². The highest BCUT2D eigenvalue weighted by molar-refractivity contribution is 5.18. The molecule has 16 heavy (non-hydrogen) atoms. The van der Waals surface area contributed by atoms with Gasteiger partial charge in [-0.25, -0.2) is 0 Å². The molecule has 1 saturated heterocycles. The Balaban J connectivity index is 1.89. The SMILES string of the molecule is C[C@@H](NC1CCCN(C)C1)c1ccccc1. The summed E-state index contributed by atoms with van der Waals surface area (Å²) in [5.74, 6) is 0. The fourth-order valence-corrected chi connectivity index (χ4v) is 2.49. The summed E-state index contributed by atoms with van der Waals surface area (Å²) in [6, 6.07) is 11.8. The Morgan fingerprint density at radius 2 is 2.06 bits per heavy atom. The summed E-state index contributed by atoms with van der Waals surface area (Å²) in [6.07, 6.45) is 2.62. The molecule has 1 aromatic rings. The highest BCUT2D eigenvalue weighted by atomic mass is 15.1. The van der Waals surface area contributed by atoms with Gasteiger partial charge in [-0.05, 0) is 38.9 Å². The predicted octanol–water partition coefficient (Wildman–Crippen LogP) is 2.43. The third-order valence-corrected chi connectivity index (χ3v) is 3.41. The van der Waals surface area contributed by atoms with E-state index in [-0.39, 0.29) is 0 Å². The van der Waals surface area contributed by atoms with Gasteiger partial charge in [0.25, 0.3) is 0 Å². The number of benzene rings is 1. The largest absolute Gasteiger partial charge is 0.306 e. The molecule has 88 valence electrons. The van der Waals surface area contributed by atoms with Crippen molar-refractivity contribution in [2.75, 3.05) is 20.1 Å². The van der Waals surface area contributed by atoms with Crippen molar-refractivity contribution in [3.05, 3.63) is 35.9 Å². The molecule has 1 heterocycles. The van der Waals surface area contributed by atoms with E-state index < -0.39 is 0 Å². The molecule has 0 radical (unpaired) electrons. The number of likely N-dealkylation sites (tertiary alicyclic amines) is 1. The lowest BCUT2D eigenvalue weighted by Gasteiger charge is -2.32. The molecule has 2 nitrogen and oxygen atoms in total. The van der Waals surface area contributed by atoms with Crippen LogP contribution in [0.25, 0.3) is 0 Å². The van der Waals surface area contributed by atoms with E-state index in [4.69, 9.17) is 0 Å². The Labute approximate surface area is 98.7 Å². The highest BCUT2D eigenvalue weighted by Crippen LogP contribution is 2.15. The number of rotatable bonds is 3. The maximum absolute atomic E-state index is 3.72. The van der Waals surface area contributed by atoms with Gasteiger partial charge in [-0.15, -0.1) is 0 Å². The second kappa shape index (κ2) is 5.46. The molecular weight excluding hydrogens is 196 g/mol. The first-order valence-electron chi connectivity index (χ1n) is 6.25. The first-order chi connectivity index (χ1) is 7.75. The van der Waals surface area contributed by atoms with Crippen molar-refractivity contribution in [2.24, 2.45) is 0 Å². The van der Waals surface area contributed by atoms with Gasteiger partial charge < -0.3 is 10.2 Å². The summed E-state index contributed by atoms with van der Waals surface area (Å²) in [6.45, 7) is 4.68. The van der Waals surface area contributed by atoms with E-state index in [1.807, 2.05) is 0 Å². The Kier molecular flexibility index (Phi) is 3.97. The van der Waals surface area contributed by atoms with Gasteiger partial charge in [0, 0.05) is 18.6 Å². The quantitative estimate of drug-likeness (QED) is 0.838. The van der Waals surface area contributed by atoms with Crippen molar-refractivity contribution in [1.29, 1.82) is 0 Å². The van der Waals surface area contributed by atoms with Gasteiger partial charge >= 0.3 is 0 Å². The lowest BCUT2D eigenvalue weighted by Crippen LogP contribution is -2.44. The van der Waals surface area contributed by atoms with Crippen LogP contribution in [-0.4, -0.2) is 31.1 Å². The maximum atomic E-state index is 3.72. The Bertz CT molecular complexity index is 310. The van der Waals surface area contributed by atoms with Crippen LogP contribution < -0.4 is 5.32 Å². The van der Waals surface area contributed by atoms with Gasteiger partial charge in [-0.2, -0.15) is 0 Å². The maximum Gasteiger partial charge on any atom is 0.0294 e. The average Bonchev–Trinajstić information content (AvgIpc) is 2.30. The van der Waals surface area contributed by atoms with Gasteiger partial charge in [-0.3, -0.25) is 0 Å². The second-order valence-corrected chi connectivity index (χ2v) is 4.90. The Hall–Kier alpha value is -0.860. The number of nitrogens with one attached hydrogen (secondary N) is 1. The van der Waals surface area contributed by atoms with Crippen LogP contribution in [0.2, 0.25) is 0 Å². The Morgan fingerprint density at radius 1 is 1.31 bits per heavy atom. The minimum absolute atomic E-state index is 0.456. The smallest absolute Gasteiger partial charge is 0.0294 e.